The Hall–Kier alpha value is -2.14. The first-order valence-corrected chi connectivity index (χ1v) is 9.30. The van der Waals surface area contributed by atoms with Gasteiger partial charge in [0.1, 0.15) is 0 Å². The third-order valence-corrected chi connectivity index (χ3v) is 5.30. The lowest BCUT2D eigenvalue weighted by molar-refractivity contribution is -0.127. The Morgan fingerprint density at radius 1 is 1.28 bits per heavy atom. The number of hydrogen-bond acceptors (Lipinski definition) is 3. The molecule has 132 valence electrons. The zero-order valence-electron chi connectivity index (χ0n) is 14.8. The lowest BCUT2D eigenvalue weighted by atomic mass is 10.1. The molecule has 1 N–H and O–H groups in total. The predicted molar refractivity (Wildman–Crippen MR) is 97.8 cm³/mol. The number of nitrogens with zero attached hydrogens (tertiary/aromatic N) is 3. The smallest absolute Gasteiger partial charge is 0.237 e. The number of amides is 1. The Balaban J connectivity index is 1.41. The van der Waals surface area contributed by atoms with Crippen LogP contribution in [0.15, 0.2) is 36.7 Å². The van der Waals surface area contributed by atoms with Crippen molar-refractivity contribution in [1.29, 1.82) is 0 Å². The Bertz CT molecular complexity index is 744. The summed E-state index contributed by atoms with van der Waals surface area (Å²) in [6.07, 6.45) is 8.73. The highest BCUT2D eigenvalue weighted by atomic mass is 16.2. The second kappa shape index (κ2) is 7.00. The van der Waals surface area contributed by atoms with Crippen molar-refractivity contribution in [3.05, 3.63) is 42.2 Å². The quantitative estimate of drug-likeness (QED) is 0.881. The first-order valence-electron chi connectivity index (χ1n) is 9.30. The average molecular weight is 338 g/mol. The van der Waals surface area contributed by atoms with Crippen LogP contribution >= 0.6 is 0 Å². The largest absolute Gasteiger partial charge is 0.351 e. The summed E-state index contributed by atoms with van der Waals surface area (Å²) in [6.45, 7) is 2.74. The van der Waals surface area contributed by atoms with Gasteiger partial charge in [0.25, 0.3) is 0 Å². The number of carbonyl (C=O) groups is 1. The molecule has 1 atom stereocenters. The molecule has 1 amide bonds. The van der Waals surface area contributed by atoms with Gasteiger partial charge in [-0.05, 0) is 61.9 Å². The zero-order chi connectivity index (χ0) is 17.2. The fourth-order valence-corrected chi connectivity index (χ4v) is 3.83. The Labute approximate surface area is 149 Å². The summed E-state index contributed by atoms with van der Waals surface area (Å²) < 4.78 is 1.81. The molecule has 2 heterocycles. The summed E-state index contributed by atoms with van der Waals surface area (Å²) in [5, 5.41) is 7.41. The van der Waals surface area contributed by atoms with E-state index in [0.717, 1.165) is 29.8 Å². The normalized spacial score (nSPS) is 19.1. The molecule has 1 aliphatic carbocycles. The van der Waals surface area contributed by atoms with E-state index in [-0.39, 0.29) is 11.9 Å². The second-order valence-corrected chi connectivity index (χ2v) is 7.35. The van der Waals surface area contributed by atoms with Crippen LogP contribution in [0.2, 0.25) is 0 Å². The van der Waals surface area contributed by atoms with Crippen molar-refractivity contribution in [2.24, 2.45) is 13.0 Å². The fraction of sp³-hybridized carbons (Fsp3) is 0.500. The minimum absolute atomic E-state index is 0.0870. The van der Waals surface area contributed by atoms with Crippen LogP contribution in [-0.4, -0.2) is 39.7 Å². The van der Waals surface area contributed by atoms with E-state index in [1.54, 1.807) is 4.68 Å². The number of benzene rings is 1. The molecule has 0 radical (unpaired) electrons. The van der Waals surface area contributed by atoms with Gasteiger partial charge < -0.3 is 5.32 Å². The van der Waals surface area contributed by atoms with Crippen LogP contribution in [0.1, 0.15) is 31.2 Å². The van der Waals surface area contributed by atoms with Crippen molar-refractivity contribution >= 4 is 5.91 Å². The summed E-state index contributed by atoms with van der Waals surface area (Å²) in [5.74, 6) is 0.774. The number of rotatable bonds is 6. The number of hydrogen-bond donors (Lipinski definition) is 1. The van der Waals surface area contributed by atoms with Gasteiger partial charge in [-0.2, -0.15) is 5.10 Å². The lowest BCUT2D eigenvalue weighted by Gasteiger charge is -2.26. The molecule has 1 aromatic heterocycles. The Kier molecular flexibility index (Phi) is 4.57. The maximum Gasteiger partial charge on any atom is 0.237 e. The Morgan fingerprint density at radius 2 is 2.08 bits per heavy atom. The first kappa shape index (κ1) is 16.3. The molecular weight excluding hydrogens is 312 g/mol. The van der Waals surface area contributed by atoms with Crippen LogP contribution in [0.3, 0.4) is 0 Å². The average Bonchev–Trinajstić information content (AvgIpc) is 3.11. The standard InChI is InChI=1S/C20H26N4O/c1-23-14-18(13-22-23)17-6-4-5-15(11-17)12-21-20(25)19(16-7-8-16)24-9-2-3-10-24/h4-6,11,13-14,16,19H,2-3,7-10,12H2,1H3,(H,21,25)/t19-/m1/s1. The highest BCUT2D eigenvalue weighted by Crippen LogP contribution is 2.36. The molecule has 0 unspecified atom stereocenters. The number of aryl methyl sites for hydroxylation is 1. The highest BCUT2D eigenvalue weighted by Gasteiger charge is 2.40. The van der Waals surface area contributed by atoms with Crippen molar-refractivity contribution in [3.8, 4) is 11.1 Å². The van der Waals surface area contributed by atoms with Gasteiger partial charge in [0, 0.05) is 25.4 Å². The maximum absolute atomic E-state index is 12.8. The van der Waals surface area contributed by atoms with E-state index in [2.05, 4.69) is 33.5 Å². The van der Waals surface area contributed by atoms with E-state index in [1.807, 2.05) is 25.5 Å². The number of aromatic nitrogens is 2. The molecule has 4 rings (SSSR count). The molecular formula is C20H26N4O. The zero-order valence-corrected chi connectivity index (χ0v) is 14.8. The van der Waals surface area contributed by atoms with Crippen LogP contribution in [0.4, 0.5) is 0 Å². The molecule has 1 saturated carbocycles. The minimum atomic E-state index is 0.0870. The molecule has 0 bridgehead atoms. The summed E-state index contributed by atoms with van der Waals surface area (Å²) in [6, 6.07) is 8.42. The number of carbonyl (C=O) groups excluding carboxylic acids is 1. The van der Waals surface area contributed by atoms with Gasteiger partial charge in [0.05, 0.1) is 12.2 Å². The molecule has 5 heteroatoms. The van der Waals surface area contributed by atoms with Crippen LogP contribution < -0.4 is 5.32 Å². The molecule has 5 nitrogen and oxygen atoms in total. The topological polar surface area (TPSA) is 50.2 Å². The van der Waals surface area contributed by atoms with E-state index in [0.29, 0.717) is 12.5 Å². The second-order valence-electron chi connectivity index (χ2n) is 7.35. The van der Waals surface area contributed by atoms with Gasteiger partial charge in [0.2, 0.25) is 5.91 Å². The van der Waals surface area contributed by atoms with E-state index < -0.39 is 0 Å². The molecule has 1 aromatic carbocycles. The summed E-state index contributed by atoms with van der Waals surface area (Å²) >= 11 is 0. The van der Waals surface area contributed by atoms with Crippen molar-refractivity contribution < 1.29 is 4.79 Å². The summed E-state index contributed by atoms with van der Waals surface area (Å²) in [4.78, 5) is 15.2. The predicted octanol–water partition coefficient (Wildman–Crippen LogP) is 2.58. The molecule has 2 aromatic rings. The molecule has 2 aliphatic rings. The van der Waals surface area contributed by atoms with Gasteiger partial charge in [-0.15, -0.1) is 0 Å². The third-order valence-electron chi connectivity index (χ3n) is 5.30. The number of nitrogens with one attached hydrogen (secondary N) is 1. The van der Waals surface area contributed by atoms with Crippen LogP contribution in [0.5, 0.6) is 0 Å². The molecule has 1 saturated heterocycles. The minimum Gasteiger partial charge on any atom is -0.351 e. The lowest BCUT2D eigenvalue weighted by Crippen LogP contribution is -2.46. The van der Waals surface area contributed by atoms with E-state index >= 15 is 0 Å². The van der Waals surface area contributed by atoms with Gasteiger partial charge in [-0.1, -0.05) is 18.2 Å². The summed E-state index contributed by atoms with van der Waals surface area (Å²) in [7, 11) is 1.92. The van der Waals surface area contributed by atoms with Crippen LogP contribution in [0, 0.1) is 5.92 Å². The summed E-state index contributed by atoms with van der Waals surface area (Å²) in [5.41, 5.74) is 3.37. The van der Waals surface area contributed by atoms with Crippen molar-refractivity contribution in [3.63, 3.8) is 0 Å². The van der Waals surface area contributed by atoms with Crippen LogP contribution in [0.25, 0.3) is 11.1 Å². The van der Waals surface area contributed by atoms with E-state index in [9.17, 15) is 4.79 Å². The first-order chi connectivity index (χ1) is 12.2. The van der Waals surface area contributed by atoms with E-state index in [4.69, 9.17) is 0 Å². The molecule has 2 fully saturated rings. The molecule has 0 spiro atoms. The van der Waals surface area contributed by atoms with Gasteiger partial charge in [-0.3, -0.25) is 14.4 Å². The monoisotopic (exact) mass is 338 g/mol. The highest BCUT2D eigenvalue weighted by molar-refractivity contribution is 5.82. The van der Waals surface area contributed by atoms with Crippen molar-refractivity contribution in [2.75, 3.05) is 13.1 Å². The van der Waals surface area contributed by atoms with E-state index in [1.165, 1.54) is 25.7 Å². The fourth-order valence-electron chi connectivity index (χ4n) is 3.83. The number of likely N-dealkylation sites (tertiary alicyclic amines) is 1. The van der Waals surface area contributed by atoms with Gasteiger partial charge in [-0.25, -0.2) is 0 Å². The Morgan fingerprint density at radius 3 is 2.76 bits per heavy atom. The third kappa shape index (κ3) is 3.76. The molecule has 1 aliphatic heterocycles. The van der Waals surface area contributed by atoms with Crippen LogP contribution in [-0.2, 0) is 18.4 Å². The van der Waals surface area contributed by atoms with Gasteiger partial charge >= 0.3 is 0 Å². The van der Waals surface area contributed by atoms with Crippen molar-refractivity contribution in [2.45, 2.75) is 38.3 Å². The molecule has 25 heavy (non-hydrogen) atoms. The van der Waals surface area contributed by atoms with Gasteiger partial charge in [0.15, 0.2) is 0 Å². The SMILES string of the molecule is Cn1cc(-c2cccc(CNC(=O)[C@@H](C3CC3)N3CCCC3)c2)cn1. The maximum atomic E-state index is 12.8. The van der Waals surface area contributed by atoms with Crippen molar-refractivity contribution in [1.82, 2.24) is 20.0 Å².